The second-order valence-corrected chi connectivity index (χ2v) is 7.65. The van der Waals surface area contributed by atoms with Crippen LogP contribution in [0, 0.1) is 5.82 Å². The summed E-state index contributed by atoms with van der Waals surface area (Å²) in [6.07, 6.45) is 3.73. The van der Waals surface area contributed by atoms with E-state index < -0.39 is 5.41 Å². The maximum Gasteiger partial charge on any atom is 0.255 e. The van der Waals surface area contributed by atoms with Gasteiger partial charge in [0.25, 0.3) is 5.91 Å². The number of halogens is 1. The number of carbonyl (C=O) groups is 2. The van der Waals surface area contributed by atoms with Crippen molar-refractivity contribution in [2.24, 2.45) is 0 Å². The maximum atomic E-state index is 13.2. The van der Waals surface area contributed by atoms with E-state index in [1.807, 2.05) is 30.3 Å². The Morgan fingerprint density at radius 3 is 1.93 bits per heavy atom. The minimum Gasteiger partial charge on any atom is -0.325 e. The van der Waals surface area contributed by atoms with Crippen LogP contribution in [-0.2, 0) is 10.2 Å². The Labute approximate surface area is 175 Å². The lowest BCUT2D eigenvalue weighted by atomic mass is 9.78. The Morgan fingerprint density at radius 1 is 0.733 bits per heavy atom. The molecule has 1 aliphatic rings. The molecule has 0 heterocycles. The van der Waals surface area contributed by atoms with Gasteiger partial charge in [0.2, 0.25) is 5.91 Å². The van der Waals surface area contributed by atoms with Crippen LogP contribution in [0.2, 0.25) is 0 Å². The van der Waals surface area contributed by atoms with E-state index in [0.717, 1.165) is 31.2 Å². The second-order valence-electron chi connectivity index (χ2n) is 7.65. The molecule has 0 aliphatic heterocycles. The van der Waals surface area contributed by atoms with Crippen LogP contribution in [0.15, 0.2) is 78.9 Å². The van der Waals surface area contributed by atoms with Crippen molar-refractivity contribution in [3.05, 3.63) is 95.8 Å². The fraction of sp³-hybridized carbons (Fsp3) is 0.200. The highest BCUT2D eigenvalue weighted by molar-refractivity contribution is 6.05. The molecule has 2 amide bonds. The molecule has 4 rings (SSSR count). The predicted molar refractivity (Wildman–Crippen MR) is 116 cm³/mol. The number of carbonyl (C=O) groups excluding carboxylic acids is 2. The van der Waals surface area contributed by atoms with Crippen molar-refractivity contribution < 1.29 is 14.0 Å². The van der Waals surface area contributed by atoms with Crippen molar-refractivity contribution in [1.82, 2.24) is 0 Å². The fourth-order valence-electron chi connectivity index (χ4n) is 4.07. The molecule has 3 aromatic rings. The van der Waals surface area contributed by atoms with Gasteiger partial charge in [-0.25, -0.2) is 4.39 Å². The molecule has 1 aliphatic carbocycles. The number of benzene rings is 3. The minimum atomic E-state index is -0.500. The van der Waals surface area contributed by atoms with Gasteiger partial charge >= 0.3 is 0 Å². The van der Waals surface area contributed by atoms with Crippen LogP contribution in [-0.4, -0.2) is 11.8 Å². The summed E-state index contributed by atoms with van der Waals surface area (Å²) in [4.78, 5) is 25.6. The van der Waals surface area contributed by atoms with Crippen LogP contribution in [0.1, 0.15) is 41.6 Å². The largest absolute Gasteiger partial charge is 0.325 e. The van der Waals surface area contributed by atoms with Crippen molar-refractivity contribution in [2.75, 3.05) is 10.6 Å². The van der Waals surface area contributed by atoms with E-state index in [2.05, 4.69) is 10.6 Å². The molecule has 0 spiro atoms. The Morgan fingerprint density at radius 2 is 1.30 bits per heavy atom. The minimum absolute atomic E-state index is 0.00489. The molecule has 2 N–H and O–H groups in total. The molecular weight excluding hydrogens is 379 g/mol. The van der Waals surface area contributed by atoms with Gasteiger partial charge in [0.15, 0.2) is 0 Å². The summed E-state index contributed by atoms with van der Waals surface area (Å²) in [5.74, 6) is -0.658. The zero-order chi connectivity index (χ0) is 21.0. The third-order valence-electron chi connectivity index (χ3n) is 5.73. The molecule has 1 saturated carbocycles. The standard InChI is InChI=1S/C25H23FN2O2/c26-20-10-14-21(15-11-20)27-23(29)18-8-12-22(13-9-18)28-24(30)25(16-4-5-17-25)19-6-2-1-3-7-19/h1-3,6-15H,4-5,16-17H2,(H,27,29)(H,28,30). The lowest BCUT2D eigenvalue weighted by molar-refractivity contribution is -0.121. The van der Waals surface area contributed by atoms with Gasteiger partial charge in [0.05, 0.1) is 5.41 Å². The van der Waals surface area contributed by atoms with Crippen LogP contribution in [0.3, 0.4) is 0 Å². The quantitative estimate of drug-likeness (QED) is 0.590. The van der Waals surface area contributed by atoms with E-state index in [1.165, 1.54) is 24.3 Å². The number of rotatable bonds is 5. The zero-order valence-electron chi connectivity index (χ0n) is 16.5. The molecule has 0 saturated heterocycles. The third-order valence-corrected chi connectivity index (χ3v) is 5.73. The first kappa shape index (κ1) is 19.8. The molecule has 1 fully saturated rings. The van der Waals surface area contributed by atoms with Gasteiger partial charge in [-0.05, 0) is 66.9 Å². The van der Waals surface area contributed by atoms with E-state index >= 15 is 0 Å². The summed E-state index contributed by atoms with van der Waals surface area (Å²) in [5.41, 5.74) is 2.18. The summed E-state index contributed by atoms with van der Waals surface area (Å²) < 4.78 is 13.0. The normalized spacial score (nSPS) is 14.8. The average molecular weight is 402 g/mol. The molecule has 5 heteroatoms. The monoisotopic (exact) mass is 402 g/mol. The van der Waals surface area contributed by atoms with Crippen molar-refractivity contribution in [1.29, 1.82) is 0 Å². The van der Waals surface area contributed by atoms with Crippen LogP contribution >= 0.6 is 0 Å². The average Bonchev–Trinajstić information content (AvgIpc) is 3.28. The van der Waals surface area contributed by atoms with Gasteiger partial charge in [-0.3, -0.25) is 9.59 Å². The summed E-state index contributed by atoms with van der Waals surface area (Å²) in [6.45, 7) is 0. The van der Waals surface area contributed by atoms with Crippen molar-refractivity contribution in [2.45, 2.75) is 31.1 Å². The zero-order valence-corrected chi connectivity index (χ0v) is 16.5. The highest BCUT2D eigenvalue weighted by atomic mass is 19.1. The van der Waals surface area contributed by atoms with Gasteiger partial charge in [-0.15, -0.1) is 0 Å². The number of hydrogen-bond acceptors (Lipinski definition) is 2. The molecule has 4 nitrogen and oxygen atoms in total. The summed E-state index contributed by atoms with van der Waals surface area (Å²) in [5, 5.41) is 5.76. The number of amides is 2. The molecule has 0 unspecified atom stereocenters. The van der Waals surface area contributed by atoms with Crippen LogP contribution in [0.4, 0.5) is 15.8 Å². The van der Waals surface area contributed by atoms with E-state index in [0.29, 0.717) is 16.9 Å². The predicted octanol–water partition coefficient (Wildman–Crippen LogP) is 5.53. The summed E-state index contributed by atoms with van der Waals surface area (Å²) in [6, 6.07) is 22.3. The number of hydrogen-bond donors (Lipinski definition) is 2. The first-order valence-electron chi connectivity index (χ1n) is 10.1. The smallest absolute Gasteiger partial charge is 0.255 e. The molecule has 3 aromatic carbocycles. The Bertz CT molecular complexity index is 1030. The van der Waals surface area contributed by atoms with Gasteiger partial charge in [0, 0.05) is 16.9 Å². The molecule has 0 aromatic heterocycles. The summed E-state index contributed by atoms with van der Waals surface area (Å²) >= 11 is 0. The van der Waals surface area contributed by atoms with Crippen molar-refractivity contribution in [3.63, 3.8) is 0 Å². The SMILES string of the molecule is O=C(Nc1ccc(F)cc1)c1ccc(NC(=O)C2(c3ccccc3)CCCC2)cc1. The van der Waals surface area contributed by atoms with E-state index in [-0.39, 0.29) is 17.6 Å². The van der Waals surface area contributed by atoms with E-state index in [4.69, 9.17) is 0 Å². The fourth-order valence-corrected chi connectivity index (χ4v) is 4.07. The van der Waals surface area contributed by atoms with Crippen LogP contribution < -0.4 is 10.6 Å². The highest BCUT2D eigenvalue weighted by Crippen LogP contribution is 2.42. The number of nitrogens with one attached hydrogen (secondary N) is 2. The topological polar surface area (TPSA) is 58.2 Å². The Kier molecular flexibility index (Phi) is 5.61. The van der Waals surface area contributed by atoms with Crippen molar-refractivity contribution >= 4 is 23.2 Å². The molecule has 0 atom stereocenters. The Hall–Kier alpha value is -3.47. The van der Waals surface area contributed by atoms with E-state index in [9.17, 15) is 14.0 Å². The summed E-state index contributed by atoms with van der Waals surface area (Å²) in [7, 11) is 0. The third kappa shape index (κ3) is 4.10. The molecular formula is C25H23FN2O2. The van der Waals surface area contributed by atoms with E-state index in [1.54, 1.807) is 24.3 Å². The van der Waals surface area contributed by atoms with Gasteiger partial charge in [0.1, 0.15) is 5.82 Å². The van der Waals surface area contributed by atoms with Gasteiger partial charge in [-0.2, -0.15) is 0 Å². The van der Waals surface area contributed by atoms with Crippen LogP contribution in [0.25, 0.3) is 0 Å². The second kappa shape index (κ2) is 8.49. The Balaban J connectivity index is 1.45. The number of anilines is 2. The van der Waals surface area contributed by atoms with Crippen LogP contribution in [0.5, 0.6) is 0 Å². The first-order valence-corrected chi connectivity index (χ1v) is 10.1. The van der Waals surface area contributed by atoms with Crippen molar-refractivity contribution in [3.8, 4) is 0 Å². The molecule has 0 radical (unpaired) electrons. The molecule has 152 valence electrons. The highest BCUT2D eigenvalue weighted by Gasteiger charge is 2.42. The molecule has 0 bridgehead atoms. The lowest BCUT2D eigenvalue weighted by Crippen LogP contribution is -2.37. The lowest BCUT2D eigenvalue weighted by Gasteiger charge is -2.28. The van der Waals surface area contributed by atoms with Gasteiger partial charge < -0.3 is 10.6 Å². The molecule has 30 heavy (non-hydrogen) atoms. The maximum absolute atomic E-state index is 13.2. The van der Waals surface area contributed by atoms with Gasteiger partial charge in [-0.1, -0.05) is 43.2 Å². The first-order chi connectivity index (χ1) is 14.6.